The monoisotopic (exact) mass is 218 g/mol. The van der Waals surface area contributed by atoms with Gasteiger partial charge in [-0.05, 0) is 6.92 Å². The Morgan fingerprint density at radius 1 is 1.21 bits per heavy atom. The topological polar surface area (TPSA) is 52.6 Å². The Labute approximate surface area is 87.3 Å². The zero-order valence-corrected chi connectivity index (χ0v) is 8.97. The molecule has 14 heavy (non-hydrogen) atoms. The SMILES string of the molecule is CC1COC(=O)CCSCCC(=O)O1. The Morgan fingerprint density at radius 3 is 2.57 bits per heavy atom. The number of rotatable bonds is 0. The zero-order chi connectivity index (χ0) is 10.4. The minimum Gasteiger partial charge on any atom is -0.462 e. The van der Waals surface area contributed by atoms with Crippen molar-refractivity contribution in [2.45, 2.75) is 25.9 Å². The standard InChI is InChI=1S/C9H14O4S/c1-7-6-12-8(10)2-4-14-5-3-9(11)13-7/h7H,2-6H2,1H3. The molecule has 0 aliphatic carbocycles. The second kappa shape index (κ2) is 5.90. The number of esters is 2. The molecule has 1 aliphatic heterocycles. The number of carbonyl (C=O) groups excluding carboxylic acids is 2. The Morgan fingerprint density at radius 2 is 1.86 bits per heavy atom. The van der Waals surface area contributed by atoms with Crippen molar-refractivity contribution in [1.82, 2.24) is 0 Å². The average Bonchev–Trinajstić information content (AvgIpc) is 2.15. The maximum Gasteiger partial charge on any atom is 0.307 e. The highest BCUT2D eigenvalue weighted by Gasteiger charge is 2.13. The minimum atomic E-state index is -0.338. The van der Waals surface area contributed by atoms with E-state index >= 15 is 0 Å². The summed E-state index contributed by atoms with van der Waals surface area (Å²) in [5, 5.41) is 0. The molecule has 0 radical (unpaired) electrons. The van der Waals surface area contributed by atoms with Crippen LogP contribution >= 0.6 is 11.8 Å². The van der Waals surface area contributed by atoms with Crippen molar-refractivity contribution >= 4 is 23.7 Å². The van der Waals surface area contributed by atoms with Gasteiger partial charge in [-0.25, -0.2) is 0 Å². The molecule has 1 atom stereocenters. The number of cyclic esters (lactones) is 2. The maximum atomic E-state index is 11.1. The van der Waals surface area contributed by atoms with Gasteiger partial charge in [0.05, 0.1) is 12.8 Å². The Kier molecular flexibility index (Phi) is 4.79. The van der Waals surface area contributed by atoms with E-state index in [2.05, 4.69) is 0 Å². The molecular formula is C9H14O4S. The summed E-state index contributed by atoms with van der Waals surface area (Å²) >= 11 is 1.57. The van der Waals surface area contributed by atoms with Crippen LogP contribution in [0.5, 0.6) is 0 Å². The van der Waals surface area contributed by atoms with Gasteiger partial charge in [-0.2, -0.15) is 11.8 Å². The van der Waals surface area contributed by atoms with Crippen LogP contribution in [0.2, 0.25) is 0 Å². The molecule has 0 aromatic rings. The van der Waals surface area contributed by atoms with E-state index in [9.17, 15) is 9.59 Å². The van der Waals surface area contributed by atoms with Gasteiger partial charge < -0.3 is 9.47 Å². The molecule has 0 N–H and O–H groups in total. The number of ether oxygens (including phenoxy) is 2. The van der Waals surface area contributed by atoms with Crippen LogP contribution in [0.1, 0.15) is 19.8 Å². The summed E-state index contributed by atoms with van der Waals surface area (Å²) in [6, 6.07) is 0. The van der Waals surface area contributed by atoms with Gasteiger partial charge in [0.2, 0.25) is 0 Å². The van der Waals surface area contributed by atoms with Crippen molar-refractivity contribution in [2.75, 3.05) is 18.1 Å². The maximum absolute atomic E-state index is 11.1. The van der Waals surface area contributed by atoms with E-state index in [1.165, 1.54) is 0 Å². The number of carbonyl (C=O) groups is 2. The predicted molar refractivity (Wildman–Crippen MR) is 53.1 cm³/mol. The highest BCUT2D eigenvalue weighted by Crippen LogP contribution is 2.09. The zero-order valence-electron chi connectivity index (χ0n) is 8.15. The molecular weight excluding hydrogens is 204 g/mol. The molecule has 5 heteroatoms. The van der Waals surface area contributed by atoms with E-state index in [0.29, 0.717) is 24.3 Å². The lowest BCUT2D eigenvalue weighted by molar-refractivity contribution is -0.157. The summed E-state index contributed by atoms with van der Waals surface area (Å²) in [7, 11) is 0. The first-order valence-corrected chi connectivity index (χ1v) is 5.77. The van der Waals surface area contributed by atoms with Crippen LogP contribution in [0.4, 0.5) is 0 Å². The molecule has 0 bridgehead atoms. The van der Waals surface area contributed by atoms with E-state index in [1.54, 1.807) is 18.7 Å². The lowest BCUT2D eigenvalue weighted by Crippen LogP contribution is -2.22. The van der Waals surface area contributed by atoms with E-state index in [0.717, 1.165) is 0 Å². The van der Waals surface area contributed by atoms with Gasteiger partial charge in [0.1, 0.15) is 12.7 Å². The molecule has 0 spiro atoms. The molecule has 4 nitrogen and oxygen atoms in total. The van der Waals surface area contributed by atoms with Crippen molar-refractivity contribution in [3.05, 3.63) is 0 Å². The Balaban J connectivity index is 2.42. The molecule has 1 unspecified atom stereocenters. The summed E-state index contributed by atoms with van der Waals surface area (Å²) in [6.45, 7) is 1.88. The molecule has 0 aromatic heterocycles. The number of hydrogen-bond donors (Lipinski definition) is 0. The number of thioether (sulfide) groups is 1. The van der Waals surface area contributed by atoms with Crippen molar-refractivity contribution in [3.63, 3.8) is 0 Å². The third-order valence-electron chi connectivity index (χ3n) is 1.71. The quantitative estimate of drug-likeness (QED) is 0.567. The summed E-state index contributed by atoms with van der Waals surface area (Å²) < 4.78 is 9.91. The van der Waals surface area contributed by atoms with Gasteiger partial charge in [-0.3, -0.25) is 9.59 Å². The van der Waals surface area contributed by atoms with E-state index in [4.69, 9.17) is 9.47 Å². The van der Waals surface area contributed by atoms with E-state index in [1.807, 2.05) is 0 Å². The van der Waals surface area contributed by atoms with Crippen LogP contribution in [0.3, 0.4) is 0 Å². The minimum absolute atomic E-state index is 0.162. The fourth-order valence-electron chi connectivity index (χ4n) is 1.01. The fourth-order valence-corrected chi connectivity index (χ4v) is 1.84. The van der Waals surface area contributed by atoms with Crippen LogP contribution in [0.15, 0.2) is 0 Å². The van der Waals surface area contributed by atoms with Crippen molar-refractivity contribution in [3.8, 4) is 0 Å². The van der Waals surface area contributed by atoms with Gasteiger partial charge in [-0.15, -0.1) is 0 Å². The highest BCUT2D eigenvalue weighted by molar-refractivity contribution is 7.99. The molecule has 1 saturated heterocycles. The molecule has 1 fully saturated rings. The third kappa shape index (κ3) is 4.50. The van der Waals surface area contributed by atoms with Gasteiger partial charge >= 0.3 is 11.9 Å². The van der Waals surface area contributed by atoms with Crippen LogP contribution in [-0.4, -0.2) is 36.2 Å². The molecule has 80 valence electrons. The van der Waals surface area contributed by atoms with Crippen LogP contribution in [-0.2, 0) is 19.1 Å². The Hall–Kier alpha value is -0.710. The summed E-state index contributed by atoms with van der Waals surface area (Å²) in [4.78, 5) is 22.2. The highest BCUT2D eigenvalue weighted by atomic mass is 32.2. The molecule has 0 saturated carbocycles. The molecule has 1 aliphatic rings. The smallest absolute Gasteiger partial charge is 0.307 e. The molecule has 1 rings (SSSR count). The van der Waals surface area contributed by atoms with Gasteiger partial charge in [0.25, 0.3) is 0 Å². The van der Waals surface area contributed by atoms with Crippen LogP contribution in [0.25, 0.3) is 0 Å². The molecule has 1 heterocycles. The second-order valence-electron chi connectivity index (χ2n) is 3.10. The molecule has 0 aromatic carbocycles. The van der Waals surface area contributed by atoms with E-state index < -0.39 is 0 Å². The van der Waals surface area contributed by atoms with Crippen LogP contribution < -0.4 is 0 Å². The predicted octanol–water partition coefficient (Wildman–Crippen LogP) is 0.988. The third-order valence-corrected chi connectivity index (χ3v) is 2.70. The first kappa shape index (κ1) is 11.4. The van der Waals surface area contributed by atoms with Gasteiger partial charge in [0, 0.05) is 11.5 Å². The summed E-state index contributed by atoms with van der Waals surface area (Å²) in [6.07, 6.45) is 0.476. The average molecular weight is 218 g/mol. The lowest BCUT2D eigenvalue weighted by atomic mass is 10.4. The number of hydrogen-bond acceptors (Lipinski definition) is 5. The van der Waals surface area contributed by atoms with Crippen molar-refractivity contribution in [2.24, 2.45) is 0 Å². The lowest BCUT2D eigenvalue weighted by Gasteiger charge is -2.12. The van der Waals surface area contributed by atoms with Crippen LogP contribution in [0, 0.1) is 0 Å². The van der Waals surface area contributed by atoms with Gasteiger partial charge in [-0.1, -0.05) is 0 Å². The fraction of sp³-hybridized carbons (Fsp3) is 0.778. The summed E-state index contributed by atoms with van der Waals surface area (Å²) in [5.74, 6) is 0.976. The van der Waals surface area contributed by atoms with Gasteiger partial charge in [0.15, 0.2) is 0 Å². The van der Waals surface area contributed by atoms with E-state index in [-0.39, 0.29) is 24.6 Å². The van der Waals surface area contributed by atoms with Crippen molar-refractivity contribution in [1.29, 1.82) is 0 Å². The first-order valence-electron chi connectivity index (χ1n) is 4.61. The Bertz CT molecular complexity index is 217. The largest absolute Gasteiger partial charge is 0.462 e. The normalized spacial score (nSPS) is 25.9. The molecule has 0 amide bonds. The first-order chi connectivity index (χ1) is 6.68. The summed E-state index contributed by atoms with van der Waals surface area (Å²) in [5.41, 5.74) is 0. The van der Waals surface area contributed by atoms with Crippen molar-refractivity contribution < 1.29 is 19.1 Å². The second-order valence-corrected chi connectivity index (χ2v) is 4.32.